The van der Waals surface area contributed by atoms with Gasteiger partial charge in [0.1, 0.15) is 6.29 Å². The van der Waals surface area contributed by atoms with Crippen molar-refractivity contribution in [2.75, 3.05) is 7.11 Å². The Hall–Kier alpha value is -3.45. The van der Waals surface area contributed by atoms with Gasteiger partial charge in [-0.2, -0.15) is 0 Å². The predicted octanol–water partition coefficient (Wildman–Crippen LogP) is 3.76. The van der Waals surface area contributed by atoms with Crippen LogP contribution in [-0.2, 0) is 10.0 Å². The highest BCUT2D eigenvalue weighted by Crippen LogP contribution is 2.32. The maximum Gasteiger partial charge on any atom is 0.268 e. The number of methoxy groups -OCH3 is 1. The molecule has 0 bridgehead atoms. The van der Waals surface area contributed by atoms with Gasteiger partial charge in [0.25, 0.3) is 10.0 Å². The second kappa shape index (κ2) is 6.94. The zero-order chi connectivity index (χ0) is 19.7. The summed E-state index contributed by atoms with van der Waals surface area (Å²) in [6.45, 7) is 0. The lowest BCUT2D eigenvalue weighted by Gasteiger charge is -2.12. The smallest absolute Gasteiger partial charge is 0.268 e. The summed E-state index contributed by atoms with van der Waals surface area (Å²) in [4.78, 5) is 15.5. The maximum atomic E-state index is 13.4. The molecule has 4 rings (SSSR count). The number of rotatable bonds is 5. The van der Waals surface area contributed by atoms with Crippen molar-refractivity contribution >= 4 is 27.3 Å². The quantitative estimate of drug-likeness (QED) is 0.483. The third kappa shape index (κ3) is 2.95. The van der Waals surface area contributed by atoms with Gasteiger partial charge < -0.3 is 4.74 Å². The first kappa shape index (κ1) is 17.9. The Labute approximate surface area is 162 Å². The molecule has 0 atom stereocenters. The molecule has 7 heteroatoms. The number of pyridine rings is 1. The number of aldehydes is 1. The van der Waals surface area contributed by atoms with E-state index in [-0.39, 0.29) is 4.90 Å². The van der Waals surface area contributed by atoms with Crippen LogP contribution in [0.4, 0.5) is 0 Å². The van der Waals surface area contributed by atoms with E-state index in [9.17, 15) is 13.2 Å². The molecule has 6 nitrogen and oxygen atoms in total. The highest BCUT2D eigenvalue weighted by molar-refractivity contribution is 7.90. The summed E-state index contributed by atoms with van der Waals surface area (Å²) in [5.41, 5.74) is 2.56. The molecule has 4 aromatic rings. The van der Waals surface area contributed by atoms with Gasteiger partial charge in [0.05, 0.1) is 28.7 Å². The van der Waals surface area contributed by atoms with Crippen LogP contribution in [0.25, 0.3) is 22.3 Å². The third-order valence-corrected chi connectivity index (χ3v) is 6.16. The lowest BCUT2D eigenvalue weighted by molar-refractivity contribution is 0.112. The van der Waals surface area contributed by atoms with Crippen LogP contribution >= 0.6 is 0 Å². The zero-order valence-electron chi connectivity index (χ0n) is 14.9. The van der Waals surface area contributed by atoms with Gasteiger partial charge in [0, 0.05) is 11.6 Å². The Bertz CT molecular complexity index is 1260. The van der Waals surface area contributed by atoms with Gasteiger partial charge in [-0.25, -0.2) is 17.4 Å². The van der Waals surface area contributed by atoms with E-state index in [2.05, 4.69) is 4.98 Å². The van der Waals surface area contributed by atoms with Crippen LogP contribution in [-0.4, -0.2) is 30.8 Å². The second-order valence-electron chi connectivity index (χ2n) is 6.11. The van der Waals surface area contributed by atoms with Crippen LogP contribution in [0.15, 0.2) is 77.7 Å². The fourth-order valence-corrected chi connectivity index (χ4v) is 4.59. The van der Waals surface area contributed by atoms with E-state index < -0.39 is 10.0 Å². The van der Waals surface area contributed by atoms with Crippen molar-refractivity contribution in [3.05, 3.63) is 78.4 Å². The van der Waals surface area contributed by atoms with Crippen LogP contribution < -0.4 is 4.74 Å². The summed E-state index contributed by atoms with van der Waals surface area (Å²) in [7, 11) is -2.37. The Morgan fingerprint density at radius 3 is 2.32 bits per heavy atom. The molecule has 2 heterocycles. The van der Waals surface area contributed by atoms with Crippen molar-refractivity contribution < 1.29 is 17.9 Å². The van der Waals surface area contributed by atoms with Crippen LogP contribution in [0, 0.1) is 0 Å². The average molecular weight is 392 g/mol. The average Bonchev–Trinajstić information content (AvgIpc) is 3.13. The van der Waals surface area contributed by atoms with Crippen LogP contribution in [0.2, 0.25) is 0 Å². The van der Waals surface area contributed by atoms with Crippen LogP contribution in [0.5, 0.6) is 5.88 Å². The number of hydrogen-bond acceptors (Lipinski definition) is 5. The Balaban J connectivity index is 2.03. The molecule has 0 radical (unpaired) electrons. The monoisotopic (exact) mass is 392 g/mol. The largest absolute Gasteiger partial charge is 0.481 e. The second-order valence-corrected chi connectivity index (χ2v) is 7.90. The predicted molar refractivity (Wildman–Crippen MR) is 106 cm³/mol. The van der Waals surface area contributed by atoms with E-state index in [1.807, 2.05) is 0 Å². The number of ether oxygens (including phenoxy) is 1. The third-order valence-electron chi connectivity index (χ3n) is 4.42. The lowest BCUT2D eigenvalue weighted by atomic mass is 10.1. The number of carbonyl (C=O) groups excluding carboxylic acids is 1. The van der Waals surface area contributed by atoms with Crippen molar-refractivity contribution in [2.45, 2.75) is 4.90 Å². The van der Waals surface area contributed by atoms with Gasteiger partial charge >= 0.3 is 0 Å². The van der Waals surface area contributed by atoms with Crippen molar-refractivity contribution in [3.63, 3.8) is 0 Å². The molecule has 0 spiro atoms. The Kier molecular flexibility index (Phi) is 4.44. The first-order chi connectivity index (χ1) is 13.5. The van der Waals surface area contributed by atoms with Crippen molar-refractivity contribution in [3.8, 4) is 17.1 Å². The molecule has 0 fully saturated rings. The number of carbonyl (C=O) groups is 1. The molecule has 140 valence electrons. The van der Waals surface area contributed by atoms with E-state index >= 15 is 0 Å². The fraction of sp³-hybridized carbons (Fsp3) is 0.0476. The van der Waals surface area contributed by atoms with Crippen molar-refractivity contribution in [1.29, 1.82) is 0 Å². The molecule has 0 saturated carbocycles. The van der Waals surface area contributed by atoms with E-state index in [1.165, 1.54) is 11.1 Å². The normalized spacial score (nSPS) is 11.5. The molecular formula is C21H16N2O4S. The maximum absolute atomic E-state index is 13.4. The van der Waals surface area contributed by atoms with Gasteiger partial charge in [-0.1, -0.05) is 42.5 Å². The number of nitrogens with zero attached hydrogens (tertiary/aromatic N) is 2. The van der Waals surface area contributed by atoms with E-state index in [1.54, 1.807) is 72.8 Å². The van der Waals surface area contributed by atoms with Crippen molar-refractivity contribution in [2.24, 2.45) is 0 Å². The number of hydrogen-bond donors (Lipinski definition) is 0. The summed E-state index contributed by atoms with van der Waals surface area (Å²) >= 11 is 0. The minimum Gasteiger partial charge on any atom is -0.481 e. The molecule has 0 amide bonds. The Morgan fingerprint density at radius 2 is 1.68 bits per heavy atom. The summed E-state index contributed by atoms with van der Waals surface area (Å²) < 4.78 is 33.3. The summed E-state index contributed by atoms with van der Waals surface area (Å²) in [6, 6.07) is 19.9. The van der Waals surface area contributed by atoms with Gasteiger partial charge in [0.2, 0.25) is 5.88 Å². The molecule has 0 aliphatic heterocycles. The lowest BCUT2D eigenvalue weighted by Crippen LogP contribution is -2.14. The number of fused-ring (bicyclic) bond motifs is 1. The first-order valence-corrected chi connectivity index (χ1v) is 9.91. The minimum absolute atomic E-state index is 0.175. The summed E-state index contributed by atoms with van der Waals surface area (Å²) in [6.07, 6.45) is 0.743. The summed E-state index contributed by atoms with van der Waals surface area (Å²) in [5, 5.41) is 0. The van der Waals surface area contributed by atoms with E-state index in [0.717, 1.165) is 6.29 Å². The van der Waals surface area contributed by atoms with Crippen LogP contribution in [0.3, 0.4) is 0 Å². The molecule has 0 N–H and O–H groups in total. The molecular weight excluding hydrogens is 376 g/mol. The topological polar surface area (TPSA) is 78.3 Å². The van der Waals surface area contributed by atoms with Gasteiger partial charge in [-0.3, -0.25) is 4.79 Å². The van der Waals surface area contributed by atoms with E-state index in [4.69, 9.17) is 4.74 Å². The molecule has 0 unspecified atom stereocenters. The molecule has 2 aromatic carbocycles. The molecule has 0 aliphatic carbocycles. The molecule has 28 heavy (non-hydrogen) atoms. The standard InChI is InChI=1S/C21H16N2O4S/c1-27-21-12-11-19-18(22-21)13-20(16-9-7-15(14-24)8-10-16)23(19)28(25,26)17-5-3-2-4-6-17/h2-14H,1H3. The number of aromatic nitrogens is 2. The highest BCUT2D eigenvalue weighted by atomic mass is 32.2. The van der Waals surface area contributed by atoms with Gasteiger partial charge in [0.15, 0.2) is 0 Å². The van der Waals surface area contributed by atoms with Crippen molar-refractivity contribution in [1.82, 2.24) is 8.96 Å². The molecule has 2 aromatic heterocycles. The first-order valence-electron chi connectivity index (χ1n) is 8.47. The van der Waals surface area contributed by atoms with Crippen LogP contribution in [0.1, 0.15) is 10.4 Å². The Morgan fingerprint density at radius 1 is 0.964 bits per heavy atom. The van der Waals surface area contributed by atoms with E-state index in [0.29, 0.717) is 33.7 Å². The SMILES string of the molecule is COc1ccc2c(cc(-c3ccc(C=O)cc3)n2S(=O)(=O)c2ccccc2)n1. The minimum atomic E-state index is -3.87. The number of benzene rings is 2. The fourth-order valence-electron chi connectivity index (χ4n) is 3.05. The highest BCUT2D eigenvalue weighted by Gasteiger charge is 2.24. The van der Waals surface area contributed by atoms with Gasteiger partial charge in [-0.05, 0) is 29.8 Å². The zero-order valence-corrected chi connectivity index (χ0v) is 15.8. The molecule has 0 aliphatic rings. The van der Waals surface area contributed by atoms with Gasteiger partial charge in [-0.15, -0.1) is 0 Å². The summed E-state index contributed by atoms with van der Waals surface area (Å²) in [5.74, 6) is 0.393. The molecule has 0 saturated heterocycles.